The molecule has 0 radical (unpaired) electrons. The molecule has 1 aromatic heterocycles. The molecule has 0 atom stereocenters. The van der Waals surface area contributed by atoms with Gasteiger partial charge in [-0.25, -0.2) is 0 Å². The van der Waals surface area contributed by atoms with Crippen LogP contribution in [-0.4, -0.2) is 36.3 Å². The Kier molecular flexibility index (Phi) is 7.57. The molecule has 2 amide bonds. The average molecular weight is 438 g/mol. The number of carbonyl (C=O) groups excluding carboxylic acids is 3. The standard InChI is InChI=1S/C23H23N3O4S/c1-30-22(29)9-5-8-21(28)26-13-12-17-18(14-24)23(31-19(17)15-26)25-20(27)11-10-16-6-3-2-4-7-16/h2-4,6-7,10-11H,5,8-9,12-13,15H2,1H3,(H,25,27). The number of thiophene rings is 1. The summed E-state index contributed by atoms with van der Waals surface area (Å²) in [6, 6.07) is 11.7. The van der Waals surface area contributed by atoms with E-state index in [0.29, 0.717) is 36.5 Å². The number of anilines is 1. The summed E-state index contributed by atoms with van der Waals surface area (Å²) in [4.78, 5) is 38.7. The van der Waals surface area contributed by atoms with Crippen molar-refractivity contribution in [3.8, 4) is 6.07 Å². The number of ether oxygens (including phenoxy) is 1. The number of nitrogens with zero attached hydrogens (tertiary/aromatic N) is 2. The number of fused-ring (bicyclic) bond motifs is 1. The fraction of sp³-hybridized carbons (Fsp3) is 0.304. The second-order valence-electron chi connectivity index (χ2n) is 7.05. The molecule has 1 aromatic carbocycles. The van der Waals surface area contributed by atoms with Gasteiger partial charge in [0.1, 0.15) is 11.1 Å². The number of carbonyl (C=O) groups is 3. The van der Waals surface area contributed by atoms with Crippen molar-refractivity contribution in [1.29, 1.82) is 5.26 Å². The molecule has 0 saturated carbocycles. The van der Waals surface area contributed by atoms with Crippen molar-refractivity contribution in [3.63, 3.8) is 0 Å². The molecule has 0 unspecified atom stereocenters. The lowest BCUT2D eigenvalue weighted by Crippen LogP contribution is -2.35. The van der Waals surface area contributed by atoms with Crippen molar-refractivity contribution in [2.75, 3.05) is 19.0 Å². The molecule has 1 N–H and O–H groups in total. The first-order chi connectivity index (χ1) is 15.0. The van der Waals surface area contributed by atoms with Crippen LogP contribution in [0.3, 0.4) is 0 Å². The second kappa shape index (κ2) is 10.5. The molecule has 0 fully saturated rings. The molecule has 2 heterocycles. The van der Waals surface area contributed by atoms with Gasteiger partial charge in [0.2, 0.25) is 11.8 Å². The predicted molar refractivity (Wildman–Crippen MR) is 118 cm³/mol. The molecular formula is C23H23N3O4S. The number of hydrogen-bond donors (Lipinski definition) is 1. The van der Waals surface area contributed by atoms with Crippen LogP contribution in [-0.2, 0) is 32.1 Å². The van der Waals surface area contributed by atoms with Crippen molar-refractivity contribution < 1.29 is 19.1 Å². The number of amides is 2. The van der Waals surface area contributed by atoms with Gasteiger partial charge in [0, 0.05) is 30.3 Å². The molecule has 0 spiro atoms. The van der Waals surface area contributed by atoms with E-state index in [0.717, 1.165) is 16.0 Å². The molecule has 0 bridgehead atoms. The van der Waals surface area contributed by atoms with Gasteiger partial charge >= 0.3 is 5.97 Å². The van der Waals surface area contributed by atoms with Crippen LogP contribution in [0.25, 0.3) is 6.08 Å². The summed E-state index contributed by atoms with van der Waals surface area (Å²) >= 11 is 1.33. The Morgan fingerprint density at radius 3 is 2.74 bits per heavy atom. The Hall–Kier alpha value is -3.44. The lowest BCUT2D eigenvalue weighted by Gasteiger charge is -2.27. The highest BCUT2D eigenvalue weighted by Crippen LogP contribution is 2.36. The summed E-state index contributed by atoms with van der Waals surface area (Å²) in [6.07, 6.45) is 4.64. The highest BCUT2D eigenvalue weighted by molar-refractivity contribution is 7.16. The highest BCUT2D eigenvalue weighted by Gasteiger charge is 2.27. The Morgan fingerprint density at radius 1 is 1.26 bits per heavy atom. The predicted octanol–water partition coefficient (Wildman–Crippen LogP) is 3.50. The van der Waals surface area contributed by atoms with Crippen LogP contribution >= 0.6 is 11.3 Å². The van der Waals surface area contributed by atoms with Crippen molar-refractivity contribution in [2.24, 2.45) is 0 Å². The summed E-state index contributed by atoms with van der Waals surface area (Å²) in [5.74, 6) is -0.667. The van der Waals surface area contributed by atoms with Gasteiger partial charge in [-0.3, -0.25) is 14.4 Å². The molecule has 7 nitrogen and oxygen atoms in total. The van der Waals surface area contributed by atoms with E-state index in [4.69, 9.17) is 0 Å². The van der Waals surface area contributed by atoms with Gasteiger partial charge in [0.05, 0.1) is 19.2 Å². The van der Waals surface area contributed by atoms with Crippen molar-refractivity contribution >= 4 is 40.2 Å². The molecule has 160 valence electrons. The van der Waals surface area contributed by atoms with Gasteiger partial charge in [0.15, 0.2) is 0 Å². The van der Waals surface area contributed by atoms with E-state index < -0.39 is 0 Å². The summed E-state index contributed by atoms with van der Waals surface area (Å²) < 4.78 is 4.59. The maximum absolute atomic E-state index is 12.5. The van der Waals surface area contributed by atoms with Gasteiger partial charge in [-0.2, -0.15) is 5.26 Å². The Morgan fingerprint density at radius 2 is 2.03 bits per heavy atom. The summed E-state index contributed by atoms with van der Waals surface area (Å²) in [6.45, 7) is 0.915. The van der Waals surface area contributed by atoms with Gasteiger partial charge < -0.3 is 15.0 Å². The number of nitriles is 1. The topological polar surface area (TPSA) is 99.5 Å². The van der Waals surface area contributed by atoms with Crippen molar-refractivity contribution in [2.45, 2.75) is 32.2 Å². The van der Waals surface area contributed by atoms with E-state index in [1.54, 1.807) is 11.0 Å². The number of benzene rings is 1. The summed E-state index contributed by atoms with van der Waals surface area (Å²) in [5, 5.41) is 12.9. The minimum Gasteiger partial charge on any atom is -0.469 e. The zero-order chi connectivity index (χ0) is 22.2. The first kappa shape index (κ1) is 22.2. The molecule has 31 heavy (non-hydrogen) atoms. The SMILES string of the molecule is COC(=O)CCCC(=O)N1CCc2c(sc(NC(=O)C=Cc3ccccc3)c2C#N)C1. The van der Waals surface area contributed by atoms with Crippen LogP contribution in [0.5, 0.6) is 0 Å². The molecule has 3 rings (SSSR count). The minimum absolute atomic E-state index is 0.0298. The molecule has 2 aromatic rings. The molecule has 1 aliphatic heterocycles. The molecule has 0 aliphatic carbocycles. The third-order valence-electron chi connectivity index (χ3n) is 4.98. The fourth-order valence-corrected chi connectivity index (χ4v) is 4.57. The van der Waals surface area contributed by atoms with Crippen molar-refractivity contribution in [3.05, 3.63) is 58.0 Å². The second-order valence-corrected chi connectivity index (χ2v) is 8.15. The van der Waals surface area contributed by atoms with E-state index in [-0.39, 0.29) is 30.6 Å². The Balaban J connectivity index is 1.64. The summed E-state index contributed by atoms with van der Waals surface area (Å²) in [5.41, 5.74) is 2.28. The minimum atomic E-state index is -0.327. The molecule has 8 heteroatoms. The van der Waals surface area contributed by atoms with Gasteiger partial charge in [0.25, 0.3) is 0 Å². The zero-order valence-electron chi connectivity index (χ0n) is 17.2. The highest BCUT2D eigenvalue weighted by atomic mass is 32.1. The number of nitrogens with one attached hydrogen (secondary N) is 1. The van der Waals surface area contributed by atoms with Gasteiger partial charge in [-0.1, -0.05) is 30.3 Å². The summed E-state index contributed by atoms with van der Waals surface area (Å²) in [7, 11) is 1.33. The third kappa shape index (κ3) is 5.80. The largest absolute Gasteiger partial charge is 0.469 e. The average Bonchev–Trinajstić information content (AvgIpc) is 3.14. The smallest absolute Gasteiger partial charge is 0.305 e. The van der Waals surface area contributed by atoms with Crippen molar-refractivity contribution in [1.82, 2.24) is 4.90 Å². The first-order valence-corrected chi connectivity index (χ1v) is 10.8. The van der Waals surface area contributed by atoms with E-state index in [1.165, 1.54) is 24.5 Å². The van der Waals surface area contributed by atoms with E-state index in [1.807, 2.05) is 30.3 Å². The quantitative estimate of drug-likeness (QED) is 0.528. The van der Waals surface area contributed by atoms with Crippen LogP contribution in [0.4, 0.5) is 5.00 Å². The maximum Gasteiger partial charge on any atom is 0.305 e. The lowest BCUT2D eigenvalue weighted by molar-refractivity contribution is -0.141. The monoisotopic (exact) mass is 437 g/mol. The normalized spacial score (nSPS) is 12.8. The van der Waals surface area contributed by atoms with Gasteiger partial charge in [-0.15, -0.1) is 11.3 Å². The van der Waals surface area contributed by atoms with E-state index >= 15 is 0 Å². The third-order valence-corrected chi connectivity index (χ3v) is 6.12. The fourth-order valence-electron chi connectivity index (χ4n) is 3.36. The first-order valence-electron chi connectivity index (χ1n) is 9.95. The Labute approximate surface area is 184 Å². The molecule has 0 saturated heterocycles. The maximum atomic E-state index is 12.5. The van der Waals surface area contributed by atoms with Crippen LogP contribution < -0.4 is 5.32 Å². The van der Waals surface area contributed by atoms with Crippen LogP contribution in [0.15, 0.2) is 36.4 Å². The van der Waals surface area contributed by atoms with E-state index in [2.05, 4.69) is 16.1 Å². The number of methoxy groups -OCH3 is 1. The van der Waals surface area contributed by atoms with E-state index in [9.17, 15) is 19.6 Å². The lowest BCUT2D eigenvalue weighted by atomic mass is 10.0. The van der Waals surface area contributed by atoms with Crippen LogP contribution in [0.1, 0.15) is 40.8 Å². The Bertz CT molecular complexity index is 1040. The number of esters is 1. The van der Waals surface area contributed by atoms with Crippen LogP contribution in [0.2, 0.25) is 0 Å². The van der Waals surface area contributed by atoms with Crippen LogP contribution in [0, 0.1) is 11.3 Å². The molecular weight excluding hydrogens is 414 g/mol. The zero-order valence-corrected chi connectivity index (χ0v) is 18.0. The number of rotatable bonds is 7. The number of hydrogen-bond acceptors (Lipinski definition) is 6. The molecule has 1 aliphatic rings. The van der Waals surface area contributed by atoms with Gasteiger partial charge in [-0.05, 0) is 30.0 Å².